The standard InChI is InChI=1S/C21H34N8O2/c1-8-15(9-2)29(26-20(30)31-21(3,4)5)19-17-18(24-16(13-22)25-19)28(14-23-17)12-10-11-27(6)7/h14-15H,8-12H2,1-7H3,(H,26,30). The zero-order chi connectivity index (χ0) is 23.2. The minimum Gasteiger partial charge on any atom is -0.443 e. The second-order valence-electron chi connectivity index (χ2n) is 8.70. The number of rotatable bonds is 9. The monoisotopic (exact) mass is 430 g/mol. The molecule has 0 aliphatic rings. The molecule has 170 valence electrons. The summed E-state index contributed by atoms with van der Waals surface area (Å²) in [6.45, 7) is 11.1. The van der Waals surface area contributed by atoms with Crippen molar-refractivity contribution in [2.75, 3.05) is 25.6 Å². The average molecular weight is 431 g/mol. The fourth-order valence-electron chi connectivity index (χ4n) is 3.24. The van der Waals surface area contributed by atoms with Crippen LogP contribution in [0.5, 0.6) is 0 Å². The van der Waals surface area contributed by atoms with E-state index >= 15 is 0 Å². The van der Waals surface area contributed by atoms with E-state index in [9.17, 15) is 10.1 Å². The maximum absolute atomic E-state index is 12.6. The Balaban J connectivity index is 2.50. The first-order chi connectivity index (χ1) is 14.6. The first kappa shape index (κ1) is 24.3. The highest BCUT2D eigenvalue weighted by molar-refractivity contribution is 5.85. The molecule has 10 nitrogen and oxygen atoms in total. The topological polar surface area (TPSA) is 112 Å². The van der Waals surface area contributed by atoms with Crippen LogP contribution < -0.4 is 10.4 Å². The molecule has 1 amide bonds. The van der Waals surface area contributed by atoms with Crippen LogP contribution in [0.4, 0.5) is 10.6 Å². The Morgan fingerprint density at radius 3 is 2.52 bits per heavy atom. The number of nitrogens with zero attached hydrogens (tertiary/aromatic N) is 7. The normalized spacial score (nSPS) is 11.7. The van der Waals surface area contributed by atoms with Gasteiger partial charge in [0.05, 0.1) is 12.4 Å². The molecule has 0 aliphatic carbocycles. The van der Waals surface area contributed by atoms with Gasteiger partial charge < -0.3 is 14.2 Å². The summed E-state index contributed by atoms with van der Waals surface area (Å²) in [6.07, 6.45) is 3.53. The summed E-state index contributed by atoms with van der Waals surface area (Å²) in [5, 5.41) is 11.2. The second-order valence-corrected chi connectivity index (χ2v) is 8.70. The molecule has 2 heterocycles. The van der Waals surface area contributed by atoms with Crippen LogP contribution in [0.1, 0.15) is 59.7 Å². The van der Waals surface area contributed by atoms with Crippen LogP contribution in [-0.4, -0.2) is 62.8 Å². The van der Waals surface area contributed by atoms with Gasteiger partial charge in [0.15, 0.2) is 17.0 Å². The van der Waals surface area contributed by atoms with E-state index in [0.29, 0.717) is 23.5 Å². The van der Waals surface area contributed by atoms with Crippen LogP contribution in [0.3, 0.4) is 0 Å². The van der Waals surface area contributed by atoms with Crippen LogP contribution in [0, 0.1) is 11.3 Å². The molecule has 2 aromatic heterocycles. The Kier molecular flexibility index (Phi) is 8.16. The van der Waals surface area contributed by atoms with Gasteiger partial charge in [-0.15, -0.1) is 0 Å². The number of hydrazine groups is 1. The van der Waals surface area contributed by atoms with Crippen molar-refractivity contribution in [2.45, 2.75) is 72.1 Å². The van der Waals surface area contributed by atoms with Crippen LogP contribution in [0.15, 0.2) is 6.33 Å². The van der Waals surface area contributed by atoms with Gasteiger partial charge in [-0.1, -0.05) is 13.8 Å². The summed E-state index contributed by atoms with van der Waals surface area (Å²) in [6, 6.07) is 1.97. The van der Waals surface area contributed by atoms with Gasteiger partial charge in [0.25, 0.3) is 0 Å². The third kappa shape index (κ3) is 6.52. The molecule has 0 radical (unpaired) electrons. The van der Waals surface area contributed by atoms with Gasteiger partial charge in [0, 0.05) is 6.54 Å². The third-order valence-electron chi connectivity index (χ3n) is 4.70. The molecule has 0 atom stereocenters. The van der Waals surface area contributed by atoms with Crippen LogP contribution >= 0.6 is 0 Å². The summed E-state index contributed by atoms with van der Waals surface area (Å²) >= 11 is 0. The van der Waals surface area contributed by atoms with Gasteiger partial charge >= 0.3 is 6.09 Å². The van der Waals surface area contributed by atoms with Crippen molar-refractivity contribution in [1.82, 2.24) is 29.8 Å². The Morgan fingerprint density at radius 1 is 1.29 bits per heavy atom. The first-order valence-electron chi connectivity index (χ1n) is 10.7. The average Bonchev–Trinajstić information content (AvgIpc) is 3.08. The van der Waals surface area contributed by atoms with Crippen molar-refractivity contribution in [3.05, 3.63) is 12.2 Å². The molecule has 2 rings (SSSR count). The molecule has 0 saturated carbocycles. The van der Waals surface area contributed by atoms with Gasteiger partial charge in [-0.05, 0) is 60.7 Å². The molecular formula is C21H34N8O2. The number of carbonyl (C=O) groups excluding carboxylic acids is 1. The van der Waals surface area contributed by atoms with Gasteiger partial charge in [-0.25, -0.2) is 15.2 Å². The van der Waals surface area contributed by atoms with E-state index in [0.717, 1.165) is 25.8 Å². The summed E-state index contributed by atoms with van der Waals surface area (Å²) in [4.78, 5) is 28.0. The van der Waals surface area contributed by atoms with Gasteiger partial charge in [0.1, 0.15) is 11.7 Å². The highest BCUT2D eigenvalue weighted by Crippen LogP contribution is 2.25. The SMILES string of the molecule is CCC(CC)N(NC(=O)OC(C)(C)C)c1nc(C#N)nc2c1ncn2CCCN(C)C. The number of nitrogens with one attached hydrogen (secondary N) is 1. The van der Waals surface area contributed by atoms with Gasteiger partial charge in [0.2, 0.25) is 5.82 Å². The minimum atomic E-state index is -0.642. The number of carbonyl (C=O) groups is 1. The second kappa shape index (κ2) is 10.4. The highest BCUT2D eigenvalue weighted by atomic mass is 16.6. The number of amides is 1. The molecule has 10 heteroatoms. The van der Waals surface area contributed by atoms with E-state index in [1.807, 2.05) is 38.6 Å². The number of hydrogen-bond donors (Lipinski definition) is 1. The Labute approximate surface area is 184 Å². The highest BCUT2D eigenvalue weighted by Gasteiger charge is 2.27. The summed E-state index contributed by atoms with van der Waals surface area (Å²) < 4.78 is 7.37. The smallest absolute Gasteiger partial charge is 0.426 e. The molecule has 1 N–H and O–H groups in total. The zero-order valence-electron chi connectivity index (χ0n) is 19.6. The Bertz CT molecular complexity index is 922. The van der Waals surface area contributed by atoms with E-state index in [1.165, 1.54) is 0 Å². The molecule has 0 fully saturated rings. The van der Waals surface area contributed by atoms with E-state index < -0.39 is 11.7 Å². The zero-order valence-corrected chi connectivity index (χ0v) is 19.6. The number of imidazole rings is 1. The third-order valence-corrected chi connectivity index (χ3v) is 4.70. The predicted molar refractivity (Wildman–Crippen MR) is 119 cm³/mol. The Hall–Kier alpha value is -2.93. The molecule has 0 bridgehead atoms. The lowest BCUT2D eigenvalue weighted by molar-refractivity contribution is 0.0513. The van der Waals surface area contributed by atoms with Crippen molar-refractivity contribution in [2.24, 2.45) is 0 Å². The number of aromatic nitrogens is 4. The largest absolute Gasteiger partial charge is 0.443 e. The van der Waals surface area contributed by atoms with Crippen LogP contribution in [-0.2, 0) is 11.3 Å². The maximum Gasteiger partial charge on any atom is 0.426 e. The molecule has 0 aromatic carbocycles. The predicted octanol–water partition coefficient (Wildman–Crippen LogP) is 3.08. The lowest BCUT2D eigenvalue weighted by atomic mass is 10.1. The first-order valence-corrected chi connectivity index (χ1v) is 10.7. The number of ether oxygens (including phenoxy) is 1. The van der Waals surface area contributed by atoms with Crippen LogP contribution in [0.2, 0.25) is 0 Å². The number of fused-ring (bicyclic) bond motifs is 1. The summed E-state index contributed by atoms with van der Waals surface area (Å²) in [7, 11) is 4.05. The molecular weight excluding hydrogens is 396 g/mol. The number of nitriles is 1. The number of aryl methyl sites for hydroxylation is 1. The van der Waals surface area contributed by atoms with Crippen molar-refractivity contribution < 1.29 is 9.53 Å². The molecule has 0 saturated heterocycles. The minimum absolute atomic E-state index is 0.0267. The summed E-state index contributed by atoms with van der Waals surface area (Å²) in [5.74, 6) is 0.422. The molecule has 0 unspecified atom stereocenters. The lowest BCUT2D eigenvalue weighted by Crippen LogP contribution is -2.50. The van der Waals surface area contributed by atoms with Crippen LogP contribution in [0.25, 0.3) is 11.2 Å². The van der Waals surface area contributed by atoms with Crippen molar-refractivity contribution in [3.8, 4) is 6.07 Å². The van der Waals surface area contributed by atoms with Crippen molar-refractivity contribution in [3.63, 3.8) is 0 Å². The molecule has 2 aromatic rings. The lowest BCUT2D eigenvalue weighted by Gasteiger charge is -2.32. The van der Waals surface area contributed by atoms with E-state index in [2.05, 4.69) is 25.3 Å². The molecule has 31 heavy (non-hydrogen) atoms. The molecule has 0 spiro atoms. The van der Waals surface area contributed by atoms with Crippen molar-refractivity contribution in [1.29, 1.82) is 5.26 Å². The fourth-order valence-corrected chi connectivity index (χ4v) is 3.24. The van der Waals surface area contributed by atoms with E-state index in [-0.39, 0.29) is 11.9 Å². The van der Waals surface area contributed by atoms with Gasteiger partial charge in [-0.2, -0.15) is 15.2 Å². The fraction of sp³-hybridized carbons (Fsp3) is 0.667. The van der Waals surface area contributed by atoms with E-state index in [4.69, 9.17) is 4.74 Å². The maximum atomic E-state index is 12.6. The quantitative estimate of drug-likeness (QED) is 0.604. The summed E-state index contributed by atoms with van der Waals surface area (Å²) in [5.41, 5.74) is 3.28. The Morgan fingerprint density at radius 2 is 1.97 bits per heavy atom. The number of hydrogen-bond acceptors (Lipinski definition) is 8. The van der Waals surface area contributed by atoms with E-state index in [1.54, 1.807) is 32.1 Å². The van der Waals surface area contributed by atoms with Gasteiger partial charge in [-0.3, -0.25) is 5.01 Å². The molecule has 0 aliphatic heterocycles. The van der Waals surface area contributed by atoms with Crippen molar-refractivity contribution >= 4 is 23.1 Å². The number of anilines is 1.